The van der Waals surface area contributed by atoms with E-state index in [2.05, 4.69) is 19.4 Å². The molecular weight excluding hydrogens is 72.1 g/mol. The fourth-order valence-corrected chi connectivity index (χ4v) is 0.488. The van der Waals surface area contributed by atoms with Crippen LogP contribution >= 0.6 is 0 Å². The van der Waals surface area contributed by atoms with Crippen LogP contribution in [-0.4, -0.2) is 0 Å². The van der Waals surface area contributed by atoms with Crippen molar-refractivity contribution in [1.29, 1.82) is 0 Å². The molecule has 0 spiro atoms. The van der Waals surface area contributed by atoms with E-state index in [1.807, 2.05) is 0 Å². The van der Waals surface area contributed by atoms with Crippen molar-refractivity contribution in [3.63, 3.8) is 0 Å². The summed E-state index contributed by atoms with van der Waals surface area (Å²) in [7, 11) is 0. The Balaban J connectivity index is 2.24. The third kappa shape index (κ3) is 0.852. The van der Waals surface area contributed by atoms with Crippen LogP contribution in [0.25, 0.3) is 0 Å². The van der Waals surface area contributed by atoms with E-state index >= 15 is 0 Å². The lowest BCUT2D eigenvalue weighted by molar-refractivity contribution is 1.22. The average Bonchev–Trinajstić information content (AvgIpc) is 2.21. The topological polar surface area (TPSA) is 0 Å². The van der Waals surface area contributed by atoms with Crippen LogP contribution < -0.4 is 0 Å². The molecule has 0 N–H and O–H groups in total. The maximum atomic E-state index is 2.26. The average molecular weight is 81.1 g/mol. The SMILES string of the molecule is CC/C=C1\[CH]C1. The molecule has 0 amide bonds. The van der Waals surface area contributed by atoms with Crippen LogP contribution in [0.15, 0.2) is 11.6 Å². The lowest BCUT2D eigenvalue weighted by atomic mass is 10.4. The highest BCUT2D eigenvalue weighted by molar-refractivity contribution is 5.31. The molecule has 0 heterocycles. The molecule has 1 aliphatic carbocycles. The monoisotopic (exact) mass is 81.1 g/mol. The van der Waals surface area contributed by atoms with Crippen LogP contribution in [0.3, 0.4) is 0 Å². The predicted octanol–water partition coefficient (Wildman–Crippen LogP) is 1.93. The van der Waals surface area contributed by atoms with Crippen LogP contribution in [0.5, 0.6) is 0 Å². The van der Waals surface area contributed by atoms with E-state index in [-0.39, 0.29) is 0 Å². The minimum Gasteiger partial charge on any atom is -0.0853 e. The first kappa shape index (κ1) is 3.91. The second-order valence-electron chi connectivity index (χ2n) is 1.60. The summed E-state index contributed by atoms with van der Waals surface area (Å²) >= 11 is 0. The van der Waals surface area contributed by atoms with Crippen molar-refractivity contribution in [1.82, 2.24) is 0 Å². The molecule has 0 nitrogen and oxygen atoms in total. The van der Waals surface area contributed by atoms with Gasteiger partial charge in [-0.25, -0.2) is 0 Å². The van der Waals surface area contributed by atoms with E-state index < -0.39 is 0 Å². The second kappa shape index (κ2) is 1.46. The molecular formula is C6H9. The Morgan fingerprint density at radius 3 is 2.83 bits per heavy atom. The summed E-state index contributed by atoms with van der Waals surface area (Å²) < 4.78 is 0. The van der Waals surface area contributed by atoms with Gasteiger partial charge in [0.05, 0.1) is 0 Å². The predicted molar refractivity (Wildman–Crippen MR) is 27.3 cm³/mol. The Bertz CT molecular complexity index is 64.1. The third-order valence-electron chi connectivity index (χ3n) is 0.906. The zero-order valence-corrected chi connectivity index (χ0v) is 4.07. The highest BCUT2D eigenvalue weighted by Gasteiger charge is 2.08. The summed E-state index contributed by atoms with van der Waals surface area (Å²) in [6.07, 6.45) is 6.96. The summed E-state index contributed by atoms with van der Waals surface area (Å²) in [6.45, 7) is 2.17. The molecule has 0 aliphatic heterocycles. The normalized spacial score (nSPS) is 25.2. The molecule has 0 bridgehead atoms. The smallest absolute Gasteiger partial charge is 0.00970 e. The van der Waals surface area contributed by atoms with Gasteiger partial charge in [0, 0.05) is 0 Å². The molecule has 0 unspecified atom stereocenters. The molecule has 1 rings (SSSR count). The first-order valence-electron chi connectivity index (χ1n) is 2.45. The molecule has 0 atom stereocenters. The van der Waals surface area contributed by atoms with E-state index in [9.17, 15) is 0 Å². The Hall–Kier alpha value is -0.260. The highest BCUT2D eigenvalue weighted by Crippen LogP contribution is 2.25. The standard InChI is InChI=1S/C6H9/c1-2-3-6-4-5-6/h3-4H,2,5H2,1H3/b6-3+. The zero-order chi connectivity index (χ0) is 4.41. The largest absolute Gasteiger partial charge is 0.0853 e. The summed E-state index contributed by atoms with van der Waals surface area (Å²) in [5, 5.41) is 0. The summed E-state index contributed by atoms with van der Waals surface area (Å²) in [6, 6.07) is 0. The van der Waals surface area contributed by atoms with Gasteiger partial charge in [-0.3, -0.25) is 0 Å². The number of allylic oxidation sites excluding steroid dienone is 2. The van der Waals surface area contributed by atoms with Crippen molar-refractivity contribution in [3.8, 4) is 0 Å². The Labute approximate surface area is 38.9 Å². The number of hydrogen-bond donors (Lipinski definition) is 0. The molecule has 1 aliphatic rings. The minimum atomic E-state index is 1.20. The maximum Gasteiger partial charge on any atom is -0.00970 e. The van der Waals surface area contributed by atoms with Crippen LogP contribution in [0.1, 0.15) is 19.8 Å². The molecule has 0 aromatic heterocycles. The van der Waals surface area contributed by atoms with Crippen LogP contribution in [0.4, 0.5) is 0 Å². The van der Waals surface area contributed by atoms with Gasteiger partial charge in [0.25, 0.3) is 0 Å². The molecule has 1 saturated carbocycles. The molecule has 1 fully saturated rings. The van der Waals surface area contributed by atoms with Gasteiger partial charge in [0.15, 0.2) is 0 Å². The second-order valence-corrected chi connectivity index (χ2v) is 1.60. The Morgan fingerprint density at radius 1 is 2.00 bits per heavy atom. The van der Waals surface area contributed by atoms with Crippen molar-refractivity contribution < 1.29 is 0 Å². The van der Waals surface area contributed by atoms with Crippen molar-refractivity contribution in [2.45, 2.75) is 19.8 Å². The summed E-state index contributed by atoms with van der Waals surface area (Å²) in [5.41, 5.74) is 1.54. The van der Waals surface area contributed by atoms with Gasteiger partial charge >= 0.3 is 0 Å². The third-order valence-corrected chi connectivity index (χ3v) is 0.906. The fourth-order valence-electron chi connectivity index (χ4n) is 0.488. The Morgan fingerprint density at radius 2 is 2.67 bits per heavy atom. The highest BCUT2D eigenvalue weighted by atomic mass is 14.1. The van der Waals surface area contributed by atoms with E-state index in [1.165, 1.54) is 18.4 Å². The summed E-state index contributed by atoms with van der Waals surface area (Å²) in [4.78, 5) is 0. The van der Waals surface area contributed by atoms with Crippen LogP contribution in [0.2, 0.25) is 0 Å². The molecule has 1 radical (unpaired) electrons. The minimum absolute atomic E-state index is 1.20. The molecule has 6 heavy (non-hydrogen) atoms. The molecule has 0 heteroatoms. The van der Waals surface area contributed by atoms with Crippen molar-refractivity contribution in [2.75, 3.05) is 0 Å². The molecule has 0 aromatic rings. The lowest BCUT2D eigenvalue weighted by Gasteiger charge is -1.67. The fraction of sp³-hybridized carbons (Fsp3) is 0.500. The van der Waals surface area contributed by atoms with E-state index in [0.29, 0.717) is 0 Å². The van der Waals surface area contributed by atoms with Crippen molar-refractivity contribution in [2.24, 2.45) is 0 Å². The van der Waals surface area contributed by atoms with Gasteiger partial charge in [-0.15, -0.1) is 0 Å². The quantitative estimate of drug-likeness (QED) is 0.452. The number of rotatable bonds is 1. The van der Waals surface area contributed by atoms with Gasteiger partial charge in [-0.1, -0.05) is 18.6 Å². The van der Waals surface area contributed by atoms with Gasteiger partial charge in [-0.2, -0.15) is 0 Å². The summed E-state index contributed by atoms with van der Waals surface area (Å²) in [5.74, 6) is 0. The Kier molecular flexibility index (Phi) is 0.952. The first-order chi connectivity index (χ1) is 2.93. The van der Waals surface area contributed by atoms with Gasteiger partial charge in [-0.05, 0) is 19.3 Å². The van der Waals surface area contributed by atoms with Gasteiger partial charge in [0.1, 0.15) is 0 Å². The molecule has 33 valence electrons. The molecule has 0 saturated heterocycles. The van der Waals surface area contributed by atoms with Crippen molar-refractivity contribution >= 4 is 0 Å². The van der Waals surface area contributed by atoms with Crippen molar-refractivity contribution in [3.05, 3.63) is 18.1 Å². The van der Waals surface area contributed by atoms with E-state index in [0.717, 1.165) is 0 Å². The van der Waals surface area contributed by atoms with Gasteiger partial charge < -0.3 is 0 Å². The maximum absolute atomic E-state index is 2.26. The zero-order valence-electron chi connectivity index (χ0n) is 4.07. The number of hydrogen-bond acceptors (Lipinski definition) is 0. The van der Waals surface area contributed by atoms with E-state index in [1.54, 1.807) is 0 Å². The van der Waals surface area contributed by atoms with Gasteiger partial charge in [0.2, 0.25) is 0 Å². The van der Waals surface area contributed by atoms with E-state index in [4.69, 9.17) is 0 Å². The van der Waals surface area contributed by atoms with Crippen LogP contribution in [0, 0.1) is 6.42 Å². The molecule has 0 aromatic carbocycles. The first-order valence-corrected chi connectivity index (χ1v) is 2.45. The van der Waals surface area contributed by atoms with Crippen LogP contribution in [-0.2, 0) is 0 Å². The lowest BCUT2D eigenvalue weighted by Crippen LogP contribution is -1.46.